The smallest absolute Gasteiger partial charge is 0.0790 e. The normalized spacial score (nSPS) is 24.6. The van der Waals surface area contributed by atoms with Gasteiger partial charge in [-0.05, 0) is 30.4 Å². The first-order valence-electron chi connectivity index (χ1n) is 7.64. The number of aliphatic hydroxyl groups is 1. The lowest BCUT2D eigenvalue weighted by Gasteiger charge is -2.16. The molecule has 0 amide bonds. The number of hydrogen-bond donors (Lipinski definition) is 1. The van der Waals surface area contributed by atoms with Crippen LogP contribution < -0.4 is 0 Å². The standard InChI is InChI=1S/C17H25ClO/c1-2-3-4-8-17(19)14-11-9-13(10-12-14)15-6-5-7-16(15)18/h9-12,15-17,19H,2-8H2,1H3. The van der Waals surface area contributed by atoms with Crippen LogP contribution in [0.4, 0.5) is 0 Å². The van der Waals surface area contributed by atoms with Gasteiger partial charge in [-0.2, -0.15) is 0 Å². The highest BCUT2D eigenvalue weighted by molar-refractivity contribution is 6.21. The van der Waals surface area contributed by atoms with Crippen molar-refractivity contribution in [3.8, 4) is 0 Å². The lowest BCUT2D eigenvalue weighted by Crippen LogP contribution is -2.05. The predicted molar refractivity (Wildman–Crippen MR) is 81.8 cm³/mol. The number of rotatable bonds is 6. The molecule has 1 nitrogen and oxygen atoms in total. The van der Waals surface area contributed by atoms with Gasteiger partial charge in [0.2, 0.25) is 0 Å². The average Bonchev–Trinajstić information content (AvgIpc) is 2.85. The monoisotopic (exact) mass is 280 g/mol. The third-order valence-electron chi connectivity index (χ3n) is 4.26. The third-order valence-corrected chi connectivity index (χ3v) is 4.78. The van der Waals surface area contributed by atoms with Gasteiger partial charge >= 0.3 is 0 Å². The molecule has 1 aliphatic rings. The molecule has 1 aromatic carbocycles. The van der Waals surface area contributed by atoms with Crippen molar-refractivity contribution < 1.29 is 5.11 Å². The van der Waals surface area contributed by atoms with Gasteiger partial charge in [-0.25, -0.2) is 0 Å². The van der Waals surface area contributed by atoms with Crippen molar-refractivity contribution in [3.63, 3.8) is 0 Å². The topological polar surface area (TPSA) is 20.2 Å². The average molecular weight is 281 g/mol. The molecule has 1 fully saturated rings. The molecule has 0 radical (unpaired) electrons. The van der Waals surface area contributed by atoms with Crippen LogP contribution in [0.2, 0.25) is 0 Å². The maximum absolute atomic E-state index is 10.1. The summed E-state index contributed by atoms with van der Waals surface area (Å²) in [7, 11) is 0. The molecule has 1 aromatic rings. The van der Waals surface area contributed by atoms with Gasteiger partial charge in [0.1, 0.15) is 0 Å². The van der Waals surface area contributed by atoms with Crippen molar-refractivity contribution in [2.75, 3.05) is 0 Å². The molecule has 0 spiro atoms. The van der Waals surface area contributed by atoms with Gasteiger partial charge in [-0.1, -0.05) is 56.9 Å². The van der Waals surface area contributed by atoms with E-state index in [1.165, 1.54) is 31.2 Å². The summed E-state index contributed by atoms with van der Waals surface area (Å²) >= 11 is 6.35. The lowest BCUT2D eigenvalue weighted by atomic mass is 9.94. The zero-order valence-electron chi connectivity index (χ0n) is 11.8. The predicted octanol–water partition coefficient (Wildman–Crippen LogP) is 5.18. The Bertz CT molecular complexity index is 373. The first-order chi connectivity index (χ1) is 9.22. The van der Waals surface area contributed by atoms with Crippen LogP contribution in [0.15, 0.2) is 24.3 Å². The summed E-state index contributed by atoms with van der Waals surface area (Å²) < 4.78 is 0. The zero-order chi connectivity index (χ0) is 13.7. The largest absolute Gasteiger partial charge is 0.388 e. The van der Waals surface area contributed by atoms with Gasteiger partial charge in [-0.15, -0.1) is 11.6 Å². The number of aliphatic hydroxyl groups excluding tert-OH is 1. The van der Waals surface area contributed by atoms with E-state index in [0.717, 1.165) is 24.8 Å². The molecule has 1 N–H and O–H groups in total. The summed E-state index contributed by atoms with van der Waals surface area (Å²) in [6.45, 7) is 2.19. The van der Waals surface area contributed by atoms with Crippen LogP contribution in [-0.2, 0) is 0 Å². The fraction of sp³-hybridized carbons (Fsp3) is 0.647. The van der Waals surface area contributed by atoms with Gasteiger partial charge in [0.25, 0.3) is 0 Å². The van der Waals surface area contributed by atoms with Crippen molar-refractivity contribution in [1.29, 1.82) is 0 Å². The van der Waals surface area contributed by atoms with Crippen molar-refractivity contribution in [3.05, 3.63) is 35.4 Å². The van der Waals surface area contributed by atoms with Gasteiger partial charge < -0.3 is 5.11 Å². The maximum Gasteiger partial charge on any atom is 0.0790 e. The summed E-state index contributed by atoms with van der Waals surface area (Å²) in [5, 5.41) is 10.4. The van der Waals surface area contributed by atoms with E-state index >= 15 is 0 Å². The SMILES string of the molecule is CCCCCC(O)c1ccc(C2CCCC2Cl)cc1. The quantitative estimate of drug-likeness (QED) is 0.563. The summed E-state index contributed by atoms with van der Waals surface area (Å²) in [5.41, 5.74) is 2.38. The minimum Gasteiger partial charge on any atom is -0.388 e. The molecule has 0 saturated heterocycles. The second-order valence-electron chi connectivity index (χ2n) is 5.73. The summed E-state index contributed by atoms with van der Waals surface area (Å²) in [6, 6.07) is 8.47. The molecular formula is C17H25ClO. The van der Waals surface area contributed by atoms with E-state index < -0.39 is 0 Å². The molecule has 0 aromatic heterocycles. The first-order valence-corrected chi connectivity index (χ1v) is 8.08. The fourth-order valence-corrected chi connectivity index (χ4v) is 3.44. The molecule has 1 aliphatic carbocycles. The van der Waals surface area contributed by atoms with E-state index in [1.807, 2.05) is 0 Å². The summed E-state index contributed by atoms with van der Waals surface area (Å²) in [4.78, 5) is 0. The minimum absolute atomic E-state index is 0.292. The molecule has 0 aliphatic heterocycles. The van der Waals surface area contributed by atoms with Gasteiger partial charge in [0.15, 0.2) is 0 Å². The first kappa shape index (κ1) is 14.9. The molecule has 0 heterocycles. The Hall–Kier alpha value is -0.530. The third kappa shape index (κ3) is 3.97. The van der Waals surface area contributed by atoms with Crippen molar-refractivity contribution in [2.45, 2.75) is 69.3 Å². The molecule has 2 rings (SSSR count). The Labute approximate surface area is 122 Å². The number of alkyl halides is 1. The van der Waals surface area contributed by atoms with Crippen LogP contribution >= 0.6 is 11.6 Å². The molecular weight excluding hydrogens is 256 g/mol. The molecule has 19 heavy (non-hydrogen) atoms. The van der Waals surface area contributed by atoms with Crippen molar-refractivity contribution in [1.82, 2.24) is 0 Å². The van der Waals surface area contributed by atoms with Gasteiger partial charge in [-0.3, -0.25) is 0 Å². The van der Waals surface area contributed by atoms with E-state index in [9.17, 15) is 5.11 Å². The number of hydrogen-bond acceptors (Lipinski definition) is 1. The van der Waals surface area contributed by atoms with E-state index in [0.29, 0.717) is 11.3 Å². The highest BCUT2D eigenvalue weighted by atomic mass is 35.5. The lowest BCUT2D eigenvalue weighted by molar-refractivity contribution is 0.163. The second-order valence-corrected chi connectivity index (χ2v) is 6.29. The number of unbranched alkanes of at least 4 members (excludes halogenated alkanes) is 2. The van der Waals surface area contributed by atoms with Gasteiger partial charge in [0.05, 0.1) is 6.10 Å². The van der Waals surface area contributed by atoms with E-state index in [4.69, 9.17) is 11.6 Å². The highest BCUT2D eigenvalue weighted by Gasteiger charge is 2.26. The van der Waals surface area contributed by atoms with Gasteiger partial charge in [0, 0.05) is 11.3 Å². The highest BCUT2D eigenvalue weighted by Crippen LogP contribution is 2.38. The second kappa shape index (κ2) is 7.31. The molecule has 3 unspecified atom stereocenters. The zero-order valence-corrected chi connectivity index (χ0v) is 12.6. The number of benzene rings is 1. The number of halogens is 1. The Morgan fingerprint density at radius 1 is 1.21 bits per heavy atom. The Morgan fingerprint density at radius 2 is 1.95 bits per heavy atom. The van der Waals surface area contributed by atoms with Crippen molar-refractivity contribution >= 4 is 11.6 Å². The summed E-state index contributed by atoms with van der Waals surface area (Å²) in [6.07, 6.45) is 7.63. The van der Waals surface area contributed by atoms with E-state index in [-0.39, 0.29) is 6.10 Å². The van der Waals surface area contributed by atoms with Crippen LogP contribution in [0, 0.1) is 0 Å². The van der Waals surface area contributed by atoms with Crippen LogP contribution in [0.1, 0.15) is 75.0 Å². The Kier molecular flexibility index (Phi) is 5.72. The molecule has 2 heteroatoms. The van der Waals surface area contributed by atoms with Crippen LogP contribution in [0.3, 0.4) is 0 Å². The van der Waals surface area contributed by atoms with Crippen LogP contribution in [0.25, 0.3) is 0 Å². The molecule has 106 valence electrons. The fourth-order valence-electron chi connectivity index (χ4n) is 3.01. The minimum atomic E-state index is -0.309. The summed E-state index contributed by atoms with van der Waals surface area (Å²) in [5.74, 6) is 0.507. The van der Waals surface area contributed by atoms with Crippen LogP contribution in [0.5, 0.6) is 0 Å². The van der Waals surface area contributed by atoms with Crippen molar-refractivity contribution in [2.24, 2.45) is 0 Å². The van der Waals surface area contributed by atoms with E-state index in [2.05, 4.69) is 31.2 Å². The Morgan fingerprint density at radius 3 is 2.53 bits per heavy atom. The molecule has 1 saturated carbocycles. The molecule has 3 atom stereocenters. The van der Waals surface area contributed by atoms with E-state index in [1.54, 1.807) is 0 Å². The Balaban J connectivity index is 1.94. The maximum atomic E-state index is 10.1. The molecule has 0 bridgehead atoms. The van der Waals surface area contributed by atoms with Crippen LogP contribution in [-0.4, -0.2) is 10.5 Å².